The number of benzene rings is 2. The van der Waals surface area contributed by atoms with Crippen molar-refractivity contribution in [1.29, 1.82) is 0 Å². The van der Waals surface area contributed by atoms with Gasteiger partial charge in [0.15, 0.2) is 5.82 Å². The van der Waals surface area contributed by atoms with Crippen molar-refractivity contribution in [2.24, 2.45) is 0 Å². The average Bonchev–Trinajstić information content (AvgIpc) is 3.14. The van der Waals surface area contributed by atoms with E-state index in [1.54, 1.807) is 12.0 Å². The van der Waals surface area contributed by atoms with Gasteiger partial charge in [-0.05, 0) is 23.3 Å². The molecular weight excluding hydrogens is 356 g/mol. The van der Waals surface area contributed by atoms with E-state index in [-0.39, 0.29) is 11.9 Å². The van der Waals surface area contributed by atoms with Crippen molar-refractivity contribution in [2.45, 2.75) is 18.9 Å². The van der Waals surface area contributed by atoms with E-state index in [2.05, 4.69) is 15.5 Å². The monoisotopic (exact) mass is 378 g/mol. The maximum absolute atomic E-state index is 12.3. The second-order valence-electron chi connectivity index (χ2n) is 6.82. The second-order valence-corrected chi connectivity index (χ2v) is 6.82. The van der Waals surface area contributed by atoms with E-state index < -0.39 is 0 Å². The number of hydrogen-bond donors (Lipinski definition) is 1. The summed E-state index contributed by atoms with van der Waals surface area (Å²) >= 11 is 0. The van der Waals surface area contributed by atoms with Crippen LogP contribution in [0.4, 0.5) is 4.79 Å². The molecule has 1 N–H and O–H groups in total. The van der Waals surface area contributed by atoms with Gasteiger partial charge in [-0.2, -0.15) is 4.98 Å². The minimum Gasteiger partial charge on any atom is -0.497 e. The fourth-order valence-electron chi connectivity index (χ4n) is 3.12. The summed E-state index contributed by atoms with van der Waals surface area (Å²) in [6.07, 6.45) is 0.642. The van der Waals surface area contributed by atoms with Gasteiger partial charge in [-0.3, -0.25) is 0 Å². The molecule has 1 aliphatic heterocycles. The van der Waals surface area contributed by atoms with Crippen LogP contribution in [0.2, 0.25) is 0 Å². The number of carbonyl (C=O) groups excluding carboxylic acids is 1. The van der Waals surface area contributed by atoms with E-state index in [1.165, 1.54) is 0 Å². The highest BCUT2D eigenvalue weighted by Crippen LogP contribution is 2.26. The van der Waals surface area contributed by atoms with Crippen molar-refractivity contribution >= 4 is 6.03 Å². The number of nitrogens with zero attached hydrogens (tertiary/aromatic N) is 3. The fraction of sp³-hybridized carbons (Fsp3) is 0.286. The average molecular weight is 378 g/mol. The van der Waals surface area contributed by atoms with Gasteiger partial charge in [0.25, 0.3) is 0 Å². The minimum atomic E-state index is -0.0870. The van der Waals surface area contributed by atoms with Crippen LogP contribution in [-0.4, -0.2) is 41.3 Å². The molecule has 0 unspecified atom stereocenters. The Bertz CT molecular complexity index is 918. The number of amides is 2. The Morgan fingerprint density at radius 1 is 1.14 bits per heavy atom. The molecule has 28 heavy (non-hydrogen) atoms. The van der Waals surface area contributed by atoms with Crippen LogP contribution in [0.25, 0.3) is 0 Å². The zero-order chi connectivity index (χ0) is 19.3. The Labute approximate surface area is 163 Å². The zero-order valence-electron chi connectivity index (χ0n) is 15.7. The highest BCUT2D eigenvalue weighted by atomic mass is 16.5. The molecule has 1 aromatic heterocycles. The molecule has 7 heteroatoms. The van der Waals surface area contributed by atoms with E-state index in [1.807, 2.05) is 54.6 Å². The van der Waals surface area contributed by atoms with Crippen LogP contribution in [-0.2, 0) is 13.0 Å². The Morgan fingerprint density at radius 2 is 1.89 bits per heavy atom. The molecule has 2 aromatic carbocycles. The summed E-state index contributed by atoms with van der Waals surface area (Å²) in [6.45, 7) is 1.65. The van der Waals surface area contributed by atoms with Gasteiger partial charge in [-0.25, -0.2) is 4.79 Å². The van der Waals surface area contributed by atoms with Crippen LogP contribution in [0.15, 0.2) is 59.1 Å². The Morgan fingerprint density at radius 3 is 2.61 bits per heavy atom. The van der Waals surface area contributed by atoms with Crippen LogP contribution in [0.5, 0.6) is 5.75 Å². The molecule has 0 spiro atoms. The highest BCUT2D eigenvalue weighted by molar-refractivity contribution is 5.75. The lowest BCUT2D eigenvalue weighted by Crippen LogP contribution is -2.52. The lowest BCUT2D eigenvalue weighted by molar-refractivity contribution is 0.136. The van der Waals surface area contributed by atoms with Crippen molar-refractivity contribution in [3.63, 3.8) is 0 Å². The third-order valence-electron chi connectivity index (χ3n) is 4.81. The Balaban J connectivity index is 1.24. The van der Waals surface area contributed by atoms with Crippen molar-refractivity contribution < 1.29 is 14.1 Å². The molecule has 7 nitrogen and oxygen atoms in total. The van der Waals surface area contributed by atoms with Crippen LogP contribution in [0.3, 0.4) is 0 Å². The summed E-state index contributed by atoms with van der Waals surface area (Å²) in [7, 11) is 1.63. The van der Waals surface area contributed by atoms with Crippen LogP contribution in [0.1, 0.15) is 28.8 Å². The van der Waals surface area contributed by atoms with E-state index in [4.69, 9.17) is 9.26 Å². The van der Waals surface area contributed by atoms with Gasteiger partial charge in [0.2, 0.25) is 5.89 Å². The van der Waals surface area contributed by atoms with Gasteiger partial charge < -0.3 is 19.5 Å². The molecule has 4 rings (SSSR count). The van der Waals surface area contributed by atoms with Gasteiger partial charge in [-0.1, -0.05) is 47.6 Å². The van der Waals surface area contributed by atoms with Crippen LogP contribution in [0, 0.1) is 0 Å². The predicted molar refractivity (Wildman–Crippen MR) is 103 cm³/mol. The van der Waals surface area contributed by atoms with Crippen LogP contribution >= 0.6 is 0 Å². The largest absolute Gasteiger partial charge is 0.497 e. The lowest BCUT2D eigenvalue weighted by Gasteiger charge is -2.36. The quantitative estimate of drug-likeness (QED) is 0.713. The number of urea groups is 1. The molecule has 0 aliphatic carbocycles. The van der Waals surface area contributed by atoms with Gasteiger partial charge in [0.05, 0.1) is 13.0 Å². The Kier molecular flexibility index (Phi) is 5.23. The summed E-state index contributed by atoms with van der Waals surface area (Å²) in [5, 5.41) is 6.99. The molecule has 0 radical (unpaired) electrons. The summed E-state index contributed by atoms with van der Waals surface area (Å²) in [4.78, 5) is 18.5. The molecule has 1 saturated heterocycles. The normalized spacial score (nSPS) is 13.8. The SMILES string of the molecule is COc1ccc(CNC(=O)N2CC(c3nc(Cc4ccccc4)no3)C2)cc1. The van der Waals surface area contributed by atoms with Gasteiger partial charge in [0.1, 0.15) is 5.75 Å². The number of ether oxygens (including phenoxy) is 1. The molecule has 0 bridgehead atoms. The molecular formula is C21H22N4O3. The Hall–Kier alpha value is -3.35. The number of rotatable bonds is 6. The molecule has 144 valence electrons. The number of likely N-dealkylation sites (tertiary alicyclic amines) is 1. The molecule has 2 heterocycles. The molecule has 3 aromatic rings. The second kappa shape index (κ2) is 8.12. The van der Waals surface area contributed by atoms with E-state index >= 15 is 0 Å². The highest BCUT2D eigenvalue weighted by Gasteiger charge is 2.35. The summed E-state index contributed by atoms with van der Waals surface area (Å²) in [5.41, 5.74) is 2.16. The maximum atomic E-state index is 12.3. The standard InChI is InChI=1S/C21H22N4O3/c1-27-18-9-7-16(8-10-18)12-22-21(26)25-13-17(14-25)20-23-19(24-28-20)11-15-5-3-2-4-6-15/h2-10,17H,11-14H2,1H3,(H,22,26). The van der Waals surface area contributed by atoms with Crippen LogP contribution < -0.4 is 10.1 Å². The first-order chi connectivity index (χ1) is 13.7. The van der Waals surface area contributed by atoms with Gasteiger partial charge in [0, 0.05) is 26.1 Å². The van der Waals surface area contributed by atoms with E-state index in [9.17, 15) is 4.79 Å². The molecule has 0 atom stereocenters. The summed E-state index contributed by atoms with van der Waals surface area (Å²) in [5.74, 6) is 2.17. The zero-order valence-corrected chi connectivity index (χ0v) is 15.7. The summed E-state index contributed by atoms with van der Waals surface area (Å²) in [6, 6.07) is 17.6. The van der Waals surface area contributed by atoms with Crippen molar-refractivity contribution in [1.82, 2.24) is 20.4 Å². The first-order valence-electron chi connectivity index (χ1n) is 9.23. The third kappa shape index (κ3) is 4.14. The number of methoxy groups -OCH3 is 1. The maximum Gasteiger partial charge on any atom is 0.317 e. The van der Waals surface area contributed by atoms with Gasteiger partial charge >= 0.3 is 6.03 Å². The molecule has 1 fully saturated rings. The predicted octanol–water partition coefficient (Wildman–Crippen LogP) is 2.98. The van der Waals surface area contributed by atoms with Gasteiger partial charge in [-0.15, -0.1) is 0 Å². The third-order valence-corrected chi connectivity index (χ3v) is 4.81. The summed E-state index contributed by atoms with van der Waals surface area (Å²) < 4.78 is 10.5. The number of carbonyl (C=O) groups is 1. The minimum absolute atomic E-state index is 0.0870. The van der Waals surface area contributed by atoms with E-state index in [0.29, 0.717) is 37.8 Å². The topological polar surface area (TPSA) is 80.5 Å². The molecule has 2 amide bonds. The lowest BCUT2D eigenvalue weighted by atomic mass is 10.0. The van der Waals surface area contributed by atoms with Crippen molar-refractivity contribution in [3.8, 4) is 5.75 Å². The smallest absolute Gasteiger partial charge is 0.317 e. The van der Waals surface area contributed by atoms with Crippen molar-refractivity contribution in [3.05, 3.63) is 77.4 Å². The first kappa shape index (κ1) is 18.0. The fourth-order valence-corrected chi connectivity index (χ4v) is 3.12. The number of aromatic nitrogens is 2. The molecule has 0 saturated carbocycles. The van der Waals surface area contributed by atoms with E-state index in [0.717, 1.165) is 16.9 Å². The number of hydrogen-bond acceptors (Lipinski definition) is 5. The molecule has 1 aliphatic rings. The first-order valence-corrected chi connectivity index (χ1v) is 9.23. The number of nitrogens with one attached hydrogen (secondary N) is 1. The van der Waals surface area contributed by atoms with Crippen molar-refractivity contribution in [2.75, 3.05) is 20.2 Å².